The summed E-state index contributed by atoms with van der Waals surface area (Å²) in [6, 6.07) is 9.06. The fourth-order valence-electron chi connectivity index (χ4n) is 3.11. The van der Waals surface area contributed by atoms with E-state index in [1.165, 1.54) is 0 Å². The number of amides is 1. The number of aryl methyl sites for hydroxylation is 2. The van der Waals surface area contributed by atoms with E-state index in [0.717, 1.165) is 11.3 Å². The minimum atomic E-state index is -0.409. The van der Waals surface area contributed by atoms with Gasteiger partial charge in [0.05, 0.1) is 23.7 Å². The van der Waals surface area contributed by atoms with Crippen molar-refractivity contribution in [1.29, 1.82) is 0 Å². The second-order valence-electron chi connectivity index (χ2n) is 6.77. The third kappa shape index (κ3) is 3.93. The summed E-state index contributed by atoms with van der Waals surface area (Å²) in [5, 5.41) is 19.7. The molecule has 0 unspecified atom stereocenters. The minimum Gasteiger partial charge on any atom is -0.336 e. The van der Waals surface area contributed by atoms with Gasteiger partial charge in [0.15, 0.2) is 0 Å². The zero-order valence-electron chi connectivity index (χ0n) is 16.3. The number of rotatable bonds is 6. The van der Waals surface area contributed by atoms with Gasteiger partial charge in [0.2, 0.25) is 0 Å². The number of nitro groups is 1. The highest BCUT2D eigenvalue weighted by Crippen LogP contribution is 2.22. The molecule has 3 rings (SSSR count). The molecule has 1 amide bonds. The molecule has 2 aromatic heterocycles. The first-order valence-electron chi connectivity index (χ1n) is 8.77. The van der Waals surface area contributed by atoms with Crippen molar-refractivity contribution in [2.24, 2.45) is 7.05 Å². The zero-order chi connectivity index (χ0) is 20.4. The van der Waals surface area contributed by atoms with Crippen LogP contribution in [0.4, 0.5) is 5.69 Å². The van der Waals surface area contributed by atoms with Crippen LogP contribution in [0.5, 0.6) is 0 Å². The summed E-state index contributed by atoms with van der Waals surface area (Å²) in [4.78, 5) is 24.9. The summed E-state index contributed by atoms with van der Waals surface area (Å²) in [6.45, 7) is 4.14. The summed E-state index contributed by atoms with van der Waals surface area (Å²) in [7, 11) is 3.57. The number of carbonyl (C=O) groups excluding carboxylic acids is 1. The highest BCUT2D eigenvalue weighted by Gasteiger charge is 2.21. The number of benzene rings is 1. The molecule has 0 fully saturated rings. The Bertz CT molecular complexity index is 1020. The van der Waals surface area contributed by atoms with E-state index in [1.807, 2.05) is 31.4 Å². The quantitative estimate of drug-likeness (QED) is 0.482. The molecule has 0 radical (unpaired) electrons. The Kier molecular flexibility index (Phi) is 5.25. The molecule has 9 nitrogen and oxygen atoms in total. The molecule has 0 aliphatic carbocycles. The maximum absolute atomic E-state index is 12.6. The third-order valence-corrected chi connectivity index (χ3v) is 4.57. The molecule has 28 heavy (non-hydrogen) atoms. The lowest BCUT2D eigenvalue weighted by atomic mass is 10.1. The summed E-state index contributed by atoms with van der Waals surface area (Å²) in [6.07, 6.45) is 1.84. The molecule has 0 bridgehead atoms. The second kappa shape index (κ2) is 7.63. The third-order valence-electron chi connectivity index (χ3n) is 4.57. The van der Waals surface area contributed by atoms with Crippen LogP contribution in [0.2, 0.25) is 0 Å². The Hall–Kier alpha value is -3.49. The molecule has 0 aliphatic rings. The molecular weight excluding hydrogens is 360 g/mol. The Morgan fingerprint density at radius 3 is 2.39 bits per heavy atom. The van der Waals surface area contributed by atoms with E-state index in [1.54, 1.807) is 47.3 Å². The lowest BCUT2D eigenvalue weighted by molar-refractivity contribution is -0.386. The van der Waals surface area contributed by atoms with Gasteiger partial charge < -0.3 is 4.90 Å². The number of nitrogens with zero attached hydrogens (tertiary/aromatic N) is 6. The van der Waals surface area contributed by atoms with Crippen LogP contribution in [0.25, 0.3) is 0 Å². The van der Waals surface area contributed by atoms with Crippen LogP contribution in [0, 0.1) is 24.0 Å². The SMILES string of the molecule is Cc1nn(Cc2ccc(C(=O)N(C)Cc3ccn(C)n3)cc2)c(C)c1[N+](=O)[O-]. The van der Waals surface area contributed by atoms with E-state index < -0.39 is 4.92 Å². The minimum absolute atomic E-state index is 0.0444. The van der Waals surface area contributed by atoms with Gasteiger partial charge in [-0.05, 0) is 37.6 Å². The van der Waals surface area contributed by atoms with Crippen molar-refractivity contribution in [1.82, 2.24) is 24.5 Å². The largest absolute Gasteiger partial charge is 0.336 e. The summed E-state index contributed by atoms with van der Waals surface area (Å²) >= 11 is 0. The van der Waals surface area contributed by atoms with E-state index in [4.69, 9.17) is 0 Å². The molecule has 0 saturated heterocycles. The average Bonchev–Trinajstić information content (AvgIpc) is 3.17. The van der Waals surface area contributed by atoms with Gasteiger partial charge in [-0.3, -0.25) is 24.3 Å². The topological polar surface area (TPSA) is 99.1 Å². The predicted octanol–water partition coefficient (Wildman–Crippen LogP) is 2.46. The van der Waals surface area contributed by atoms with Gasteiger partial charge in [-0.1, -0.05) is 12.1 Å². The van der Waals surface area contributed by atoms with Gasteiger partial charge in [-0.15, -0.1) is 0 Å². The Morgan fingerprint density at radius 1 is 1.18 bits per heavy atom. The normalized spacial score (nSPS) is 10.9. The molecule has 0 atom stereocenters. The fraction of sp³-hybridized carbons (Fsp3) is 0.316. The first kappa shape index (κ1) is 19.3. The zero-order valence-corrected chi connectivity index (χ0v) is 16.3. The van der Waals surface area contributed by atoms with Crippen molar-refractivity contribution < 1.29 is 9.72 Å². The lowest BCUT2D eigenvalue weighted by Gasteiger charge is -2.16. The highest BCUT2D eigenvalue weighted by molar-refractivity contribution is 5.94. The van der Waals surface area contributed by atoms with Crippen LogP contribution < -0.4 is 0 Å². The predicted molar refractivity (Wildman–Crippen MR) is 103 cm³/mol. The number of hydrogen-bond acceptors (Lipinski definition) is 5. The lowest BCUT2D eigenvalue weighted by Crippen LogP contribution is -2.26. The summed E-state index contributed by atoms with van der Waals surface area (Å²) < 4.78 is 3.31. The van der Waals surface area contributed by atoms with Crippen molar-refractivity contribution in [3.05, 3.63) is 74.9 Å². The highest BCUT2D eigenvalue weighted by atomic mass is 16.6. The maximum Gasteiger partial charge on any atom is 0.312 e. The van der Waals surface area contributed by atoms with Gasteiger partial charge >= 0.3 is 5.69 Å². The van der Waals surface area contributed by atoms with Gasteiger partial charge in [0.1, 0.15) is 11.4 Å². The molecule has 0 aliphatic heterocycles. The van der Waals surface area contributed by atoms with Gasteiger partial charge in [0.25, 0.3) is 5.91 Å². The van der Waals surface area contributed by atoms with Gasteiger partial charge in [-0.25, -0.2) is 0 Å². The molecule has 0 saturated carbocycles. The van der Waals surface area contributed by atoms with Gasteiger partial charge in [-0.2, -0.15) is 10.2 Å². The molecule has 146 valence electrons. The first-order valence-corrected chi connectivity index (χ1v) is 8.77. The van der Waals surface area contributed by atoms with E-state index >= 15 is 0 Å². The van der Waals surface area contributed by atoms with E-state index in [0.29, 0.717) is 30.0 Å². The van der Waals surface area contributed by atoms with Crippen LogP contribution in [0.1, 0.15) is 33.0 Å². The molecule has 9 heteroatoms. The Labute approximate surface area is 162 Å². The second-order valence-corrected chi connectivity index (χ2v) is 6.77. The van der Waals surface area contributed by atoms with E-state index in [-0.39, 0.29) is 11.6 Å². The molecule has 3 aromatic rings. The fourth-order valence-corrected chi connectivity index (χ4v) is 3.11. The summed E-state index contributed by atoms with van der Waals surface area (Å²) in [5.74, 6) is -0.0982. The van der Waals surface area contributed by atoms with Crippen LogP contribution in [-0.4, -0.2) is 42.3 Å². The van der Waals surface area contributed by atoms with Crippen molar-refractivity contribution in [3.63, 3.8) is 0 Å². The standard InChI is InChI=1S/C19H22N6O3/c1-13-18(25(27)28)14(2)24(20-13)11-15-5-7-16(8-6-15)19(26)22(3)12-17-9-10-23(4)21-17/h5-10H,11-12H2,1-4H3. The van der Waals surface area contributed by atoms with Crippen molar-refractivity contribution in [2.75, 3.05) is 7.05 Å². The first-order chi connectivity index (χ1) is 13.3. The van der Waals surface area contributed by atoms with E-state index in [2.05, 4.69) is 10.2 Å². The van der Waals surface area contributed by atoms with Crippen molar-refractivity contribution in [3.8, 4) is 0 Å². The molecule has 0 N–H and O–H groups in total. The monoisotopic (exact) mass is 382 g/mol. The Balaban J connectivity index is 1.70. The molecule has 2 heterocycles. The number of carbonyl (C=O) groups is 1. The molecular formula is C19H22N6O3. The average molecular weight is 382 g/mol. The number of aromatic nitrogens is 4. The molecule has 0 spiro atoms. The van der Waals surface area contributed by atoms with Crippen LogP contribution in [0.3, 0.4) is 0 Å². The molecule has 1 aromatic carbocycles. The van der Waals surface area contributed by atoms with E-state index in [9.17, 15) is 14.9 Å². The number of hydrogen-bond donors (Lipinski definition) is 0. The van der Waals surface area contributed by atoms with Crippen molar-refractivity contribution >= 4 is 11.6 Å². The maximum atomic E-state index is 12.6. The van der Waals surface area contributed by atoms with Crippen molar-refractivity contribution in [2.45, 2.75) is 26.9 Å². The Morgan fingerprint density at radius 2 is 1.86 bits per heavy atom. The van der Waals surface area contributed by atoms with Crippen LogP contribution in [0.15, 0.2) is 36.5 Å². The summed E-state index contributed by atoms with van der Waals surface area (Å²) in [5.41, 5.74) is 3.25. The smallest absolute Gasteiger partial charge is 0.312 e. The van der Waals surface area contributed by atoms with Crippen LogP contribution in [-0.2, 0) is 20.1 Å². The van der Waals surface area contributed by atoms with Gasteiger partial charge in [0, 0.05) is 25.9 Å². The van der Waals surface area contributed by atoms with Crippen LogP contribution >= 0.6 is 0 Å².